The van der Waals surface area contributed by atoms with Crippen molar-refractivity contribution < 1.29 is 14.4 Å². The first kappa shape index (κ1) is 14.0. The molecule has 1 aliphatic heterocycles. The van der Waals surface area contributed by atoms with Crippen molar-refractivity contribution in [2.75, 3.05) is 6.61 Å². The molecule has 23 heavy (non-hydrogen) atoms. The lowest BCUT2D eigenvalue weighted by Gasteiger charge is -2.22. The molecular formula is C15H15N5O3. The highest BCUT2D eigenvalue weighted by molar-refractivity contribution is 6.02. The zero-order valence-electron chi connectivity index (χ0n) is 12.3. The van der Waals surface area contributed by atoms with Crippen molar-refractivity contribution in [2.45, 2.75) is 25.6 Å². The summed E-state index contributed by atoms with van der Waals surface area (Å²) in [6, 6.07) is 9.34. The molecule has 0 spiro atoms. The van der Waals surface area contributed by atoms with Crippen LogP contribution in [0.25, 0.3) is 16.6 Å². The number of nitrogens with zero attached hydrogens (tertiary/aromatic N) is 4. The third kappa shape index (κ3) is 2.62. The van der Waals surface area contributed by atoms with E-state index < -0.39 is 12.2 Å². The third-order valence-electron chi connectivity index (χ3n) is 3.84. The summed E-state index contributed by atoms with van der Waals surface area (Å²) in [5.41, 5.74) is 4.01. The summed E-state index contributed by atoms with van der Waals surface area (Å²) in [7, 11) is 0. The standard InChI is InChI=1S/C15H15N5O3/c21-15(17-23-13-7-3-4-8-22-13)11-9-10-5-1-2-6-12(10)20-14(11)16-18-19-20/h1-2,5-6,9,13H,3-4,7-8H2,(H,17,21). The Bertz CT molecular complexity index is 857. The van der Waals surface area contributed by atoms with E-state index >= 15 is 0 Å². The number of carbonyl (C=O) groups is 1. The molecule has 0 aliphatic carbocycles. The van der Waals surface area contributed by atoms with Gasteiger partial charge in [-0.2, -0.15) is 4.52 Å². The Morgan fingerprint density at radius 2 is 2.26 bits per heavy atom. The van der Waals surface area contributed by atoms with E-state index in [9.17, 15) is 4.79 Å². The summed E-state index contributed by atoms with van der Waals surface area (Å²) in [6.45, 7) is 0.648. The summed E-state index contributed by atoms with van der Waals surface area (Å²) in [5.74, 6) is -0.398. The number of ether oxygens (including phenoxy) is 1. The number of pyridine rings is 1. The fourth-order valence-corrected chi connectivity index (χ4v) is 2.69. The first-order valence-electron chi connectivity index (χ1n) is 7.50. The molecule has 3 aromatic rings. The van der Waals surface area contributed by atoms with Gasteiger partial charge in [0.05, 0.1) is 11.1 Å². The monoisotopic (exact) mass is 313 g/mol. The van der Waals surface area contributed by atoms with Crippen LogP contribution in [-0.4, -0.2) is 38.8 Å². The lowest BCUT2D eigenvalue weighted by atomic mass is 10.1. The van der Waals surface area contributed by atoms with E-state index in [0.29, 0.717) is 17.8 Å². The highest BCUT2D eigenvalue weighted by atomic mass is 16.8. The predicted molar refractivity (Wildman–Crippen MR) is 80.4 cm³/mol. The number of amides is 1. The number of tetrazole rings is 1. The van der Waals surface area contributed by atoms with Gasteiger partial charge in [-0.1, -0.05) is 18.2 Å². The number of aromatic nitrogens is 4. The highest BCUT2D eigenvalue weighted by Gasteiger charge is 2.19. The number of hydroxylamine groups is 1. The fourth-order valence-electron chi connectivity index (χ4n) is 2.69. The summed E-state index contributed by atoms with van der Waals surface area (Å²) >= 11 is 0. The molecular weight excluding hydrogens is 298 g/mol. The molecule has 1 fully saturated rings. The molecule has 1 atom stereocenters. The second kappa shape index (κ2) is 5.90. The molecule has 4 rings (SSSR count). The molecule has 1 aromatic carbocycles. The van der Waals surface area contributed by atoms with Gasteiger partial charge >= 0.3 is 0 Å². The van der Waals surface area contributed by atoms with E-state index in [1.54, 1.807) is 10.6 Å². The van der Waals surface area contributed by atoms with Crippen molar-refractivity contribution in [3.8, 4) is 0 Å². The number of fused-ring (bicyclic) bond motifs is 3. The van der Waals surface area contributed by atoms with E-state index in [1.807, 2.05) is 24.3 Å². The molecule has 1 saturated heterocycles. The maximum atomic E-state index is 12.4. The van der Waals surface area contributed by atoms with Gasteiger partial charge in [0, 0.05) is 18.4 Å². The maximum absolute atomic E-state index is 12.4. The lowest BCUT2D eigenvalue weighted by Crippen LogP contribution is -2.33. The highest BCUT2D eigenvalue weighted by Crippen LogP contribution is 2.19. The van der Waals surface area contributed by atoms with Crippen LogP contribution in [0.5, 0.6) is 0 Å². The molecule has 8 nitrogen and oxygen atoms in total. The number of carbonyl (C=O) groups excluding carboxylic acids is 1. The Labute approximate surface area is 131 Å². The van der Waals surface area contributed by atoms with Crippen molar-refractivity contribution in [1.82, 2.24) is 25.5 Å². The molecule has 0 radical (unpaired) electrons. The zero-order chi connectivity index (χ0) is 15.6. The summed E-state index contributed by atoms with van der Waals surface area (Å²) < 4.78 is 6.97. The molecule has 0 bridgehead atoms. The fraction of sp³-hybridized carbons (Fsp3) is 0.333. The van der Waals surface area contributed by atoms with Gasteiger partial charge in [-0.25, -0.2) is 10.3 Å². The van der Waals surface area contributed by atoms with Crippen molar-refractivity contribution in [3.63, 3.8) is 0 Å². The molecule has 1 amide bonds. The van der Waals surface area contributed by atoms with Gasteiger partial charge in [-0.15, -0.1) is 5.10 Å². The van der Waals surface area contributed by atoms with Crippen LogP contribution in [0.3, 0.4) is 0 Å². The second-order valence-corrected chi connectivity index (χ2v) is 5.38. The Hall–Kier alpha value is -2.58. The summed E-state index contributed by atoms with van der Waals surface area (Å²) in [5, 5.41) is 12.4. The van der Waals surface area contributed by atoms with Gasteiger partial charge in [0.2, 0.25) is 0 Å². The minimum atomic E-state index is -0.403. The molecule has 0 saturated carbocycles. The van der Waals surface area contributed by atoms with Gasteiger partial charge in [-0.3, -0.25) is 4.79 Å². The second-order valence-electron chi connectivity index (χ2n) is 5.38. The number of rotatable bonds is 3. The van der Waals surface area contributed by atoms with Crippen LogP contribution in [0.15, 0.2) is 30.3 Å². The predicted octanol–water partition coefficient (Wildman–Crippen LogP) is 1.47. The number of nitrogens with one attached hydrogen (secondary N) is 1. The zero-order valence-corrected chi connectivity index (χ0v) is 12.3. The van der Waals surface area contributed by atoms with Gasteiger partial charge in [0.25, 0.3) is 5.91 Å². The topological polar surface area (TPSA) is 90.6 Å². The van der Waals surface area contributed by atoms with Crippen LogP contribution in [-0.2, 0) is 9.57 Å². The normalized spacial score (nSPS) is 18.3. The Kier molecular flexibility index (Phi) is 3.60. The minimum Gasteiger partial charge on any atom is -0.350 e. The Morgan fingerprint density at radius 1 is 1.35 bits per heavy atom. The SMILES string of the molecule is O=C(NOC1CCCCO1)c1cc2ccccc2n2nnnc12. The molecule has 118 valence electrons. The first-order chi connectivity index (χ1) is 11.3. The average Bonchev–Trinajstić information content (AvgIpc) is 3.10. The summed E-state index contributed by atoms with van der Waals surface area (Å²) in [4.78, 5) is 17.8. The Balaban J connectivity index is 1.63. The van der Waals surface area contributed by atoms with E-state index in [-0.39, 0.29) is 0 Å². The number of hydrogen-bond donors (Lipinski definition) is 1. The van der Waals surface area contributed by atoms with Crippen LogP contribution < -0.4 is 5.48 Å². The lowest BCUT2D eigenvalue weighted by molar-refractivity contribution is -0.186. The van der Waals surface area contributed by atoms with Crippen LogP contribution >= 0.6 is 0 Å². The molecule has 1 aliphatic rings. The molecule has 3 heterocycles. The third-order valence-corrected chi connectivity index (χ3v) is 3.84. The average molecular weight is 313 g/mol. The van der Waals surface area contributed by atoms with Gasteiger partial charge in [0.15, 0.2) is 11.9 Å². The largest absolute Gasteiger partial charge is 0.350 e. The Morgan fingerprint density at radius 3 is 3.13 bits per heavy atom. The van der Waals surface area contributed by atoms with Crippen molar-refractivity contribution in [2.24, 2.45) is 0 Å². The maximum Gasteiger partial charge on any atom is 0.278 e. The van der Waals surface area contributed by atoms with Crippen LogP contribution in [0.2, 0.25) is 0 Å². The van der Waals surface area contributed by atoms with E-state index in [4.69, 9.17) is 9.57 Å². The van der Waals surface area contributed by atoms with E-state index in [0.717, 1.165) is 30.2 Å². The van der Waals surface area contributed by atoms with E-state index in [1.165, 1.54) is 0 Å². The van der Waals surface area contributed by atoms with Crippen molar-refractivity contribution in [1.29, 1.82) is 0 Å². The molecule has 1 unspecified atom stereocenters. The number of para-hydroxylation sites is 1. The molecule has 1 N–H and O–H groups in total. The number of benzene rings is 1. The van der Waals surface area contributed by atoms with Crippen LogP contribution in [0.4, 0.5) is 0 Å². The number of hydrogen-bond acceptors (Lipinski definition) is 6. The van der Waals surface area contributed by atoms with Crippen molar-refractivity contribution >= 4 is 22.5 Å². The molecule has 2 aromatic heterocycles. The van der Waals surface area contributed by atoms with E-state index in [2.05, 4.69) is 21.0 Å². The summed E-state index contributed by atoms with van der Waals surface area (Å²) in [6.07, 6.45) is 2.40. The van der Waals surface area contributed by atoms with Gasteiger partial charge in [0.1, 0.15) is 0 Å². The van der Waals surface area contributed by atoms with Gasteiger partial charge in [-0.05, 0) is 35.4 Å². The minimum absolute atomic E-state index is 0.351. The van der Waals surface area contributed by atoms with Crippen molar-refractivity contribution in [3.05, 3.63) is 35.9 Å². The first-order valence-corrected chi connectivity index (χ1v) is 7.50. The van der Waals surface area contributed by atoms with Crippen LogP contribution in [0, 0.1) is 0 Å². The molecule has 8 heteroatoms. The van der Waals surface area contributed by atoms with Crippen LogP contribution in [0.1, 0.15) is 29.6 Å². The smallest absolute Gasteiger partial charge is 0.278 e. The quantitative estimate of drug-likeness (QED) is 0.736. The van der Waals surface area contributed by atoms with Gasteiger partial charge < -0.3 is 4.74 Å².